The first-order valence-corrected chi connectivity index (χ1v) is 12.6. The van der Waals surface area contributed by atoms with Crippen LogP contribution in [-0.4, -0.2) is 34.8 Å². The Kier molecular flexibility index (Phi) is 12.0. The number of ether oxygens (including phenoxy) is 1. The zero-order valence-electron chi connectivity index (χ0n) is 17.7. The Morgan fingerprint density at radius 3 is 2.39 bits per heavy atom. The molecule has 4 heteroatoms. The van der Waals surface area contributed by atoms with Crippen molar-refractivity contribution in [2.24, 2.45) is 11.8 Å². The van der Waals surface area contributed by atoms with Crippen LogP contribution in [0.2, 0.25) is 0 Å². The lowest BCUT2D eigenvalue weighted by atomic mass is 9.76. The molecular weight excluding hydrogens is 368 g/mol. The van der Waals surface area contributed by atoms with Gasteiger partial charge in [-0.2, -0.15) is 11.8 Å². The summed E-state index contributed by atoms with van der Waals surface area (Å²) in [7, 11) is 0. The van der Waals surface area contributed by atoms with Crippen LogP contribution in [-0.2, 0) is 9.53 Å². The van der Waals surface area contributed by atoms with Crippen LogP contribution in [0, 0.1) is 11.8 Å². The Balaban J connectivity index is 1.57. The zero-order valence-corrected chi connectivity index (χ0v) is 18.5. The fraction of sp³-hybridized carbons (Fsp3) is 0.792. The van der Waals surface area contributed by atoms with Crippen LogP contribution >= 0.6 is 11.8 Å². The van der Waals surface area contributed by atoms with E-state index < -0.39 is 5.97 Å². The largest absolute Gasteiger partial charge is 0.481 e. The van der Waals surface area contributed by atoms with Crippen LogP contribution < -0.4 is 0 Å². The SMILES string of the molecule is CCCCC=CCCCSCC[C@H]1[C@@H](CC=CCCCC(=O)O)[C@H]2CC[C@@H]1O2. The Bertz CT molecular complexity index is 488. The van der Waals surface area contributed by atoms with Gasteiger partial charge < -0.3 is 9.84 Å². The molecule has 2 saturated heterocycles. The average Bonchev–Trinajstić information content (AvgIpc) is 3.28. The number of allylic oxidation sites excluding steroid dienone is 4. The van der Waals surface area contributed by atoms with E-state index in [0.29, 0.717) is 18.1 Å². The second-order valence-electron chi connectivity index (χ2n) is 8.27. The molecule has 0 saturated carbocycles. The third-order valence-electron chi connectivity index (χ3n) is 6.07. The van der Waals surface area contributed by atoms with Gasteiger partial charge in [-0.1, -0.05) is 44.1 Å². The standard InChI is InChI=1S/C24H40O3S/c1-2-3-4-5-6-9-12-18-28-19-17-21-20(22-15-16-23(21)27-22)13-10-7-8-11-14-24(25)26/h5-7,10,20-23H,2-4,8-9,11-19H2,1H3,(H,25,26)/t20-,21+,22-,23+/m1/s1. The minimum atomic E-state index is -0.694. The van der Waals surface area contributed by atoms with Gasteiger partial charge in [0.25, 0.3) is 0 Å². The summed E-state index contributed by atoms with van der Waals surface area (Å²) < 4.78 is 6.22. The van der Waals surface area contributed by atoms with Gasteiger partial charge in [-0.25, -0.2) is 0 Å². The van der Waals surface area contributed by atoms with E-state index in [1.54, 1.807) is 0 Å². The summed E-state index contributed by atoms with van der Waals surface area (Å²) in [6, 6.07) is 0. The number of carboxylic acid groups (broad SMARTS) is 1. The number of fused-ring (bicyclic) bond motifs is 2. The second-order valence-corrected chi connectivity index (χ2v) is 9.49. The van der Waals surface area contributed by atoms with E-state index in [0.717, 1.165) is 25.2 Å². The molecule has 0 aromatic heterocycles. The van der Waals surface area contributed by atoms with Crippen LogP contribution in [0.3, 0.4) is 0 Å². The molecule has 4 atom stereocenters. The van der Waals surface area contributed by atoms with Crippen LogP contribution in [0.5, 0.6) is 0 Å². The third kappa shape index (κ3) is 8.73. The summed E-state index contributed by atoms with van der Waals surface area (Å²) >= 11 is 2.11. The minimum Gasteiger partial charge on any atom is -0.481 e. The molecule has 2 aliphatic heterocycles. The maximum Gasteiger partial charge on any atom is 0.303 e. The summed E-state index contributed by atoms with van der Waals surface area (Å²) in [5.74, 6) is 3.24. The Morgan fingerprint density at radius 2 is 1.64 bits per heavy atom. The number of carboxylic acids is 1. The fourth-order valence-electron chi connectivity index (χ4n) is 4.52. The third-order valence-corrected chi connectivity index (χ3v) is 7.17. The molecular formula is C24H40O3S. The van der Waals surface area contributed by atoms with Crippen LogP contribution in [0.1, 0.15) is 84.0 Å². The molecule has 2 rings (SSSR count). The van der Waals surface area contributed by atoms with Crippen molar-refractivity contribution in [1.82, 2.24) is 0 Å². The Labute approximate surface area is 176 Å². The minimum absolute atomic E-state index is 0.274. The maximum atomic E-state index is 10.6. The molecule has 2 heterocycles. The molecule has 0 radical (unpaired) electrons. The number of hydrogen-bond acceptors (Lipinski definition) is 3. The molecule has 160 valence electrons. The highest BCUT2D eigenvalue weighted by Gasteiger charge is 2.47. The van der Waals surface area contributed by atoms with Crippen LogP contribution in [0.25, 0.3) is 0 Å². The van der Waals surface area contributed by atoms with E-state index >= 15 is 0 Å². The number of carbonyl (C=O) groups is 1. The van der Waals surface area contributed by atoms with E-state index in [4.69, 9.17) is 9.84 Å². The average molecular weight is 409 g/mol. The smallest absolute Gasteiger partial charge is 0.303 e. The number of unbranched alkanes of at least 4 members (excludes halogenated alkanes) is 4. The number of aliphatic carboxylic acids is 1. The summed E-state index contributed by atoms with van der Waals surface area (Å²) in [5.41, 5.74) is 0. The van der Waals surface area contributed by atoms with Crippen molar-refractivity contribution >= 4 is 17.7 Å². The molecule has 28 heavy (non-hydrogen) atoms. The van der Waals surface area contributed by atoms with Gasteiger partial charge in [0.05, 0.1) is 12.2 Å². The zero-order chi connectivity index (χ0) is 20.0. The van der Waals surface area contributed by atoms with Gasteiger partial charge in [0.15, 0.2) is 0 Å². The molecule has 1 N–H and O–H groups in total. The Hall–Kier alpha value is -0.740. The van der Waals surface area contributed by atoms with Gasteiger partial charge in [-0.15, -0.1) is 0 Å². The molecule has 2 aliphatic rings. The van der Waals surface area contributed by atoms with Crippen molar-refractivity contribution < 1.29 is 14.6 Å². The van der Waals surface area contributed by atoms with E-state index in [1.165, 1.54) is 62.9 Å². The van der Waals surface area contributed by atoms with Crippen molar-refractivity contribution in [3.8, 4) is 0 Å². The van der Waals surface area contributed by atoms with E-state index in [2.05, 4.69) is 43.0 Å². The molecule has 0 aliphatic carbocycles. The summed E-state index contributed by atoms with van der Waals surface area (Å²) in [4.78, 5) is 10.6. The molecule has 2 fully saturated rings. The molecule has 0 unspecified atom stereocenters. The predicted octanol–water partition coefficient (Wildman–Crippen LogP) is 6.63. The molecule has 0 aromatic rings. The predicted molar refractivity (Wildman–Crippen MR) is 120 cm³/mol. The lowest BCUT2D eigenvalue weighted by Gasteiger charge is -2.27. The molecule has 3 nitrogen and oxygen atoms in total. The van der Waals surface area contributed by atoms with Crippen molar-refractivity contribution in [2.45, 2.75) is 96.2 Å². The molecule has 0 amide bonds. The Morgan fingerprint density at radius 1 is 0.964 bits per heavy atom. The quantitative estimate of drug-likeness (QED) is 0.230. The topological polar surface area (TPSA) is 46.5 Å². The highest BCUT2D eigenvalue weighted by Crippen LogP contribution is 2.47. The van der Waals surface area contributed by atoms with Gasteiger partial charge in [-0.05, 0) is 81.1 Å². The van der Waals surface area contributed by atoms with Crippen LogP contribution in [0.15, 0.2) is 24.3 Å². The van der Waals surface area contributed by atoms with E-state index in [1.807, 2.05) is 0 Å². The van der Waals surface area contributed by atoms with Crippen molar-refractivity contribution in [3.63, 3.8) is 0 Å². The summed E-state index contributed by atoms with van der Waals surface area (Å²) in [6.45, 7) is 2.25. The van der Waals surface area contributed by atoms with Gasteiger partial charge >= 0.3 is 5.97 Å². The van der Waals surface area contributed by atoms with Crippen molar-refractivity contribution in [3.05, 3.63) is 24.3 Å². The van der Waals surface area contributed by atoms with E-state index in [9.17, 15) is 4.79 Å². The number of thioether (sulfide) groups is 1. The van der Waals surface area contributed by atoms with Gasteiger partial charge in [0.2, 0.25) is 0 Å². The molecule has 0 spiro atoms. The maximum absolute atomic E-state index is 10.6. The number of hydrogen-bond donors (Lipinski definition) is 1. The van der Waals surface area contributed by atoms with Gasteiger partial charge in [0, 0.05) is 6.42 Å². The fourth-order valence-corrected chi connectivity index (χ4v) is 5.54. The number of rotatable bonds is 16. The van der Waals surface area contributed by atoms with Gasteiger partial charge in [0.1, 0.15) is 0 Å². The molecule has 0 aromatic carbocycles. The normalized spacial score (nSPS) is 26.8. The lowest BCUT2D eigenvalue weighted by Crippen LogP contribution is -2.27. The lowest BCUT2D eigenvalue weighted by molar-refractivity contribution is -0.137. The highest BCUT2D eigenvalue weighted by molar-refractivity contribution is 7.99. The monoisotopic (exact) mass is 408 g/mol. The first kappa shape index (κ1) is 23.5. The van der Waals surface area contributed by atoms with Crippen molar-refractivity contribution in [1.29, 1.82) is 0 Å². The van der Waals surface area contributed by atoms with Gasteiger partial charge in [-0.3, -0.25) is 4.79 Å². The van der Waals surface area contributed by atoms with E-state index in [-0.39, 0.29) is 6.42 Å². The highest BCUT2D eigenvalue weighted by atomic mass is 32.2. The van der Waals surface area contributed by atoms with Crippen LogP contribution in [0.4, 0.5) is 0 Å². The van der Waals surface area contributed by atoms with Crippen molar-refractivity contribution in [2.75, 3.05) is 11.5 Å². The second kappa shape index (κ2) is 14.3. The first-order chi connectivity index (χ1) is 13.7. The first-order valence-electron chi connectivity index (χ1n) is 11.5. The summed E-state index contributed by atoms with van der Waals surface area (Å²) in [5, 5.41) is 8.70. The summed E-state index contributed by atoms with van der Waals surface area (Å²) in [6.07, 6.45) is 23.3. The molecule has 2 bridgehead atoms.